The highest BCUT2D eigenvalue weighted by Gasteiger charge is 2.36. The Morgan fingerprint density at radius 2 is 1.52 bits per heavy atom. The monoisotopic (exact) mass is 393 g/mol. The molecule has 2 aliphatic heterocycles. The molecular formula is C23H27N3O3. The fraction of sp³-hybridized carbons (Fsp3) is 0.391. The predicted octanol–water partition coefficient (Wildman–Crippen LogP) is 3.18. The maximum Gasteiger partial charge on any atom is 0.321 e. The number of hydrogen-bond donors (Lipinski definition) is 1. The Hall–Kier alpha value is -2.86. The maximum absolute atomic E-state index is 13.2. The molecule has 2 aromatic rings. The lowest BCUT2D eigenvalue weighted by atomic mass is 9.84. The van der Waals surface area contributed by atoms with Crippen LogP contribution < -0.4 is 5.32 Å². The summed E-state index contributed by atoms with van der Waals surface area (Å²) in [5.74, 6) is 0.0708. The molecule has 2 fully saturated rings. The van der Waals surface area contributed by atoms with Crippen LogP contribution in [-0.2, 0) is 9.53 Å². The molecule has 6 nitrogen and oxygen atoms in total. The number of morpholine rings is 1. The first-order chi connectivity index (χ1) is 14.2. The third-order valence-electron chi connectivity index (χ3n) is 5.71. The number of piperidine rings is 1. The van der Waals surface area contributed by atoms with Crippen LogP contribution in [0.15, 0.2) is 60.7 Å². The number of likely N-dealkylation sites (tertiary alicyclic amines) is 1. The number of urea groups is 1. The zero-order chi connectivity index (χ0) is 20.1. The Morgan fingerprint density at radius 1 is 0.862 bits per heavy atom. The summed E-state index contributed by atoms with van der Waals surface area (Å²) >= 11 is 0. The van der Waals surface area contributed by atoms with Gasteiger partial charge in [0.05, 0.1) is 19.1 Å². The molecule has 0 spiro atoms. The maximum atomic E-state index is 13.2. The van der Waals surface area contributed by atoms with Crippen LogP contribution in [0.25, 0.3) is 0 Å². The largest absolute Gasteiger partial charge is 0.378 e. The fourth-order valence-corrected chi connectivity index (χ4v) is 4.18. The van der Waals surface area contributed by atoms with E-state index in [0.29, 0.717) is 39.4 Å². The van der Waals surface area contributed by atoms with Gasteiger partial charge in [0.2, 0.25) is 5.91 Å². The first-order valence-electron chi connectivity index (χ1n) is 10.2. The average Bonchev–Trinajstić information content (AvgIpc) is 2.80. The SMILES string of the molecule is O=C(Nc1ccccc1)N1CC(C(=O)N2CCOCC2)CC(c2ccccc2)C1. The summed E-state index contributed by atoms with van der Waals surface area (Å²) in [6, 6.07) is 19.5. The second-order valence-electron chi connectivity index (χ2n) is 7.68. The van der Waals surface area contributed by atoms with E-state index in [4.69, 9.17) is 4.74 Å². The normalized spacial score (nSPS) is 22.2. The quantitative estimate of drug-likeness (QED) is 0.871. The van der Waals surface area contributed by atoms with E-state index in [1.807, 2.05) is 53.4 Å². The number of benzene rings is 2. The lowest BCUT2D eigenvalue weighted by Gasteiger charge is -2.39. The van der Waals surface area contributed by atoms with Crippen molar-refractivity contribution in [3.05, 3.63) is 66.2 Å². The number of ether oxygens (including phenoxy) is 1. The zero-order valence-electron chi connectivity index (χ0n) is 16.5. The molecule has 2 saturated heterocycles. The Kier molecular flexibility index (Phi) is 6.10. The number of nitrogens with zero attached hydrogens (tertiary/aromatic N) is 2. The van der Waals surface area contributed by atoms with Crippen LogP contribution in [0.1, 0.15) is 17.9 Å². The molecule has 4 rings (SSSR count). The number of nitrogens with one attached hydrogen (secondary N) is 1. The number of amides is 3. The van der Waals surface area contributed by atoms with Crippen LogP contribution in [0.2, 0.25) is 0 Å². The van der Waals surface area contributed by atoms with Gasteiger partial charge in [0.25, 0.3) is 0 Å². The molecular weight excluding hydrogens is 366 g/mol. The van der Waals surface area contributed by atoms with Crippen molar-refractivity contribution in [2.45, 2.75) is 12.3 Å². The Labute approximate surface area is 171 Å². The van der Waals surface area contributed by atoms with E-state index in [2.05, 4.69) is 17.4 Å². The van der Waals surface area contributed by atoms with Crippen molar-refractivity contribution in [3.63, 3.8) is 0 Å². The second kappa shape index (κ2) is 9.09. The molecule has 1 N–H and O–H groups in total. The molecule has 2 atom stereocenters. The van der Waals surface area contributed by atoms with Crippen molar-refractivity contribution in [3.8, 4) is 0 Å². The third kappa shape index (κ3) is 4.77. The van der Waals surface area contributed by atoms with E-state index in [0.717, 1.165) is 12.1 Å². The molecule has 0 saturated carbocycles. The lowest BCUT2D eigenvalue weighted by Crippen LogP contribution is -2.52. The second-order valence-corrected chi connectivity index (χ2v) is 7.68. The van der Waals surface area contributed by atoms with Crippen LogP contribution in [0.3, 0.4) is 0 Å². The summed E-state index contributed by atoms with van der Waals surface area (Å²) in [6.07, 6.45) is 0.759. The summed E-state index contributed by atoms with van der Waals surface area (Å²) in [5.41, 5.74) is 1.93. The highest BCUT2D eigenvalue weighted by atomic mass is 16.5. The van der Waals surface area contributed by atoms with Crippen LogP contribution in [0, 0.1) is 5.92 Å². The number of carbonyl (C=O) groups is 2. The van der Waals surface area contributed by atoms with Gasteiger partial charge in [-0.2, -0.15) is 0 Å². The zero-order valence-corrected chi connectivity index (χ0v) is 16.5. The molecule has 6 heteroatoms. The molecule has 2 heterocycles. The number of carbonyl (C=O) groups excluding carboxylic acids is 2. The number of hydrogen-bond acceptors (Lipinski definition) is 3. The molecule has 2 unspecified atom stereocenters. The summed E-state index contributed by atoms with van der Waals surface area (Å²) in [6.45, 7) is 3.47. The van der Waals surface area contributed by atoms with E-state index in [1.54, 1.807) is 4.90 Å². The minimum Gasteiger partial charge on any atom is -0.378 e. The van der Waals surface area contributed by atoms with Crippen molar-refractivity contribution in [2.24, 2.45) is 5.92 Å². The highest BCUT2D eigenvalue weighted by Crippen LogP contribution is 2.32. The summed E-state index contributed by atoms with van der Waals surface area (Å²) < 4.78 is 5.38. The molecule has 0 aromatic heterocycles. The van der Waals surface area contributed by atoms with E-state index >= 15 is 0 Å². The van der Waals surface area contributed by atoms with Crippen molar-refractivity contribution in [1.29, 1.82) is 0 Å². The molecule has 152 valence electrons. The average molecular weight is 393 g/mol. The van der Waals surface area contributed by atoms with E-state index in [9.17, 15) is 9.59 Å². The van der Waals surface area contributed by atoms with Crippen LogP contribution in [0.5, 0.6) is 0 Å². The highest BCUT2D eigenvalue weighted by molar-refractivity contribution is 5.90. The van der Waals surface area contributed by atoms with Gasteiger partial charge in [-0.1, -0.05) is 48.5 Å². The number of para-hydroxylation sites is 1. The summed E-state index contributed by atoms with van der Waals surface area (Å²) in [5, 5.41) is 2.96. The van der Waals surface area contributed by atoms with Crippen molar-refractivity contribution >= 4 is 17.6 Å². The van der Waals surface area contributed by atoms with Gasteiger partial charge >= 0.3 is 6.03 Å². The molecule has 2 aromatic carbocycles. The minimum atomic E-state index is -0.200. The van der Waals surface area contributed by atoms with Gasteiger partial charge in [-0.15, -0.1) is 0 Å². The Bertz CT molecular complexity index is 822. The van der Waals surface area contributed by atoms with E-state index < -0.39 is 0 Å². The van der Waals surface area contributed by atoms with Gasteiger partial charge in [0, 0.05) is 37.8 Å². The standard InChI is InChI=1S/C23H27N3O3/c27-22(25-11-13-29-14-12-25)20-15-19(18-7-3-1-4-8-18)16-26(17-20)23(28)24-21-9-5-2-6-10-21/h1-10,19-20H,11-17H2,(H,24,28). The smallest absolute Gasteiger partial charge is 0.321 e. The number of rotatable bonds is 3. The van der Waals surface area contributed by atoms with Crippen LogP contribution >= 0.6 is 0 Å². The van der Waals surface area contributed by atoms with Crippen LogP contribution in [-0.4, -0.2) is 61.1 Å². The van der Waals surface area contributed by atoms with Gasteiger partial charge in [-0.25, -0.2) is 4.79 Å². The van der Waals surface area contributed by atoms with E-state index in [1.165, 1.54) is 5.56 Å². The molecule has 0 aliphatic carbocycles. The molecule has 2 aliphatic rings. The summed E-state index contributed by atoms with van der Waals surface area (Å²) in [4.78, 5) is 29.8. The predicted molar refractivity (Wildman–Crippen MR) is 112 cm³/mol. The molecule has 0 radical (unpaired) electrons. The van der Waals surface area contributed by atoms with Gasteiger partial charge in [-0.05, 0) is 24.1 Å². The van der Waals surface area contributed by atoms with Crippen molar-refractivity contribution < 1.29 is 14.3 Å². The minimum absolute atomic E-state index is 0.131. The first-order valence-corrected chi connectivity index (χ1v) is 10.2. The Balaban J connectivity index is 1.52. The van der Waals surface area contributed by atoms with Gasteiger partial charge in [0.1, 0.15) is 0 Å². The third-order valence-corrected chi connectivity index (χ3v) is 5.71. The van der Waals surface area contributed by atoms with Crippen molar-refractivity contribution in [1.82, 2.24) is 9.80 Å². The molecule has 0 bridgehead atoms. The van der Waals surface area contributed by atoms with Gasteiger partial charge in [0.15, 0.2) is 0 Å². The summed E-state index contributed by atoms with van der Waals surface area (Å²) in [7, 11) is 0. The van der Waals surface area contributed by atoms with E-state index in [-0.39, 0.29) is 23.8 Å². The van der Waals surface area contributed by atoms with Crippen LogP contribution in [0.4, 0.5) is 10.5 Å². The fourth-order valence-electron chi connectivity index (χ4n) is 4.18. The number of anilines is 1. The molecule has 3 amide bonds. The lowest BCUT2D eigenvalue weighted by molar-refractivity contribution is -0.141. The van der Waals surface area contributed by atoms with Crippen molar-refractivity contribution in [2.75, 3.05) is 44.7 Å². The van der Waals surface area contributed by atoms with Gasteiger partial charge < -0.3 is 19.9 Å². The van der Waals surface area contributed by atoms with Gasteiger partial charge in [-0.3, -0.25) is 4.79 Å². The molecule has 29 heavy (non-hydrogen) atoms. The topological polar surface area (TPSA) is 61.9 Å². The first kappa shape index (κ1) is 19.5. The Morgan fingerprint density at radius 3 is 2.21 bits per heavy atom.